The Hall–Kier alpha value is -1.96. The highest BCUT2D eigenvalue weighted by atomic mass is 16.5. The maximum atomic E-state index is 5.97. The molecule has 1 heterocycles. The fourth-order valence-electron chi connectivity index (χ4n) is 2.54. The van der Waals surface area contributed by atoms with Gasteiger partial charge in [0.25, 0.3) is 0 Å². The first-order valence-corrected chi connectivity index (χ1v) is 7.03. The van der Waals surface area contributed by atoms with Gasteiger partial charge >= 0.3 is 0 Å². The van der Waals surface area contributed by atoms with E-state index in [9.17, 15) is 0 Å². The van der Waals surface area contributed by atoms with Crippen molar-refractivity contribution >= 4 is 11.4 Å². The number of hydrogen-bond donors (Lipinski definition) is 0. The first kappa shape index (κ1) is 12.1. The summed E-state index contributed by atoms with van der Waals surface area (Å²) in [4.78, 5) is 2.38. The summed E-state index contributed by atoms with van der Waals surface area (Å²) in [6.45, 7) is 3.28. The predicted octanol–water partition coefficient (Wildman–Crippen LogP) is 5.12. The lowest BCUT2D eigenvalue weighted by atomic mass is 10.1. The molecule has 1 aliphatic rings. The van der Waals surface area contributed by atoms with Gasteiger partial charge in [0.15, 0.2) is 11.5 Å². The Morgan fingerprint density at radius 2 is 1.42 bits per heavy atom. The molecule has 2 aromatic rings. The Balaban J connectivity index is 1.96. The monoisotopic (exact) mass is 253 g/mol. The third-order valence-corrected chi connectivity index (χ3v) is 3.52. The lowest BCUT2D eigenvalue weighted by Gasteiger charge is -2.32. The lowest BCUT2D eigenvalue weighted by molar-refractivity contribution is 0.472. The zero-order chi connectivity index (χ0) is 13.1. The molecule has 0 bridgehead atoms. The Kier molecular flexibility index (Phi) is 3.41. The average molecular weight is 253 g/mol. The quantitative estimate of drug-likeness (QED) is 0.701. The number of rotatable bonds is 4. The molecule has 0 radical (unpaired) electrons. The minimum atomic E-state index is 0.956. The van der Waals surface area contributed by atoms with Crippen LogP contribution in [-0.2, 0) is 0 Å². The van der Waals surface area contributed by atoms with Crippen molar-refractivity contribution in [3.63, 3.8) is 0 Å². The van der Waals surface area contributed by atoms with Gasteiger partial charge in [-0.3, -0.25) is 0 Å². The molecule has 98 valence electrons. The van der Waals surface area contributed by atoms with Crippen LogP contribution in [-0.4, -0.2) is 6.54 Å². The van der Waals surface area contributed by atoms with E-state index >= 15 is 0 Å². The molecule has 1 aliphatic heterocycles. The summed E-state index contributed by atoms with van der Waals surface area (Å²) >= 11 is 0. The summed E-state index contributed by atoms with van der Waals surface area (Å²) in [6, 6.07) is 16.5. The number of nitrogens with zero attached hydrogens (tertiary/aromatic N) is 1. The summed E-state index contributed by atoms with van der Waals surface area (Å²) in [7, 11) is 0. The molecule has 0 saturated carbocycles. The molecule has 19 heavy (non-hydrogen) atoms. The van der Waals surface area contributed by atoms with Gasteiger partial charge in [0, 0.05) is 6.54 Å². The second-order valence-corrected chi connectivity index (χ2v) is 4.90. The zero-order valence-electron chi connectivity index (χ0n) is 11.3. The van der Waals surface area contributed by atoms with Crippen LogP contribution < -0.4 is 9.64 Å². The number of benzene rings is 2. The molecule has 0 atom stereocenters. The maximum Gasteiger partial charge on any atom is 0.151 e. The van der Waals surface area contributed by atoms with Crippen LogP contribution >= 0.6 is 0 Å². The van der Waals surface area contributed by atoms with Crippen LogP contribution in [0.25, 0.3) is 0 Å². The van der Waals surface area contributed by atoms with Crippen molar-refractivity contribution in [2.45, 2.75) is 26.2 Å². The Morgan fingerprint density at radius 3 is 2.00 bits per heavy atom. The van der Waals surface area contributed by atoms with Crippen LogP contribution in [0.3, 0.4) is 0 Å². The van der Waals surface area contributed by atoms with Crippen molar-refractivity contribution in [2.75, 3.05) is 11.4 Å². The lowest BCUT2D eigenvalue weighted by Crippen LogP contribution is -2.22. The van der Waals surface area contributed by atoms with Gasteiger partial charge in [-0.15, -0.1) is 0 Å². The number of unbranched alkanes of at least 4 members (excludes halogenated alkanes) is 2. The third kappa shape index (κ3) is 2.30. The highest BCUT2D eigenvalue weighted by molar-refractivity contribution is 5.77. The van der Waals surface area contributed by atoms with E-state index in [2.05, 4.69) is 36.1 Å². The van der Waals surface area contributed by atoms with Crippen LogP contribution in [0.4, 0.5) is 11.4 Å². The summed E-state index contributed by atoms with van der Waals surface area (Å²) in [5.41, 5.74) is 2.36. The Labute approximate surface area is 114 Å². The molecule has 0 amide bonds. The van der Waals surface area contributed by atoms with Gasteiger partial charge in [-0.2, -0.15) is 0 Å². The van der Waals surface area contributed by atoms with E-state index in [0.717, 1.165) is 18.0 Å². The second-order valence-electron chi connectivity index (χ2n) is 4.90. The van der Waals surface area contributed by atoms with Crippen molar-refractivity contribution < 1.29 is 4.74 Å². The fourth-order valence-corrected chi connectivity index (χ4v) is 2.54. The fraction of sp³-hybridized carbons (Fsp3) is 0.294. The largest absolute Gasteiger partial charge is 0.453 e. The minimum Gasteiger partial charge on any atom is -0.453 e. The SMILES string of the molecule is CCCCCN1c2ccccc2Oc2ccccc21. The molecule has 0 aliphatic carbocycles. The summed E-state index contributed by atoms with van der Waals surface area (Å²) in [5.74, 6) is 1.91. The molecule has 0 unspecified atom stereocenters. The van der Waals surface area contributed by atoms with E-state index in [4.69, 9.17) is 4.74 Å². The minimum absolute atomic E-state index is 0.956. The molecule has 0 N–H and O–H groups in total. The van der Waals surface area contributed by atoms with Gasteiger partial charge in [-0.1, -0.05) is 44.0 Å². The van der Waals surface area contributed by atoms with E-state index in [1.165, 1.54) is 30.6 Å². The molecular formula is C17H19NO. The van der Waals surface area contributed by atoms with Gasteiger partial charge in [0.05, 0.1) is 11.4 Å². The molecule has 2 nitrogen and oxygen atoms in total. The van der Waals surface area contributed by atoms with Crippen LogP contribution in [0.2, 0.25) is 0 Å². The number of ether oxygens (including phenoxy) is 1. The van der Waals surface area contributed by atoms with Crippen LogP contribution in [0.15, 0.2) is 48.5 Å². The molecule has 0 aromatic heterocycles. The topological polar surface area (TPSA) is 12.5 Å². The van der Waals surface area contributed by atoms with Crippen molar-refractivity contribution in [1.29, 1.82) is 0 Å². The van der Waals surface area contributed by atoms with Crippen LogP contribution in [0.1, 0.15) is 26.2 Å². The maximum absolute atomic E-state index is 5.97. The normalized spacial score (nSPS) is 12.6. The summed E-state index contributed by atoms with van der Waals surface area (Å²) in [6.07, 6.45) is 3.72. The van der Waals surface area contributed by atoms with E-state index in [0.29, 0.717) is 0 Å². The molecular weight excluding hydrogens is 234 g/mol. The van der Waals surface area contributed by atoms with Gasteiger partial charge in [0.1, 0.15) is 0 Å². The van der Waals surface area contributed by atoms with E-state index in [1.807, 2.05) is 24.3 Å². The van der Waals surface area contributed by atoms with Crippen molar-refractivity contribution in [1.82, 2.24) is 0 Å². The van der Waals surface area contributed by atoms with E-state index in [1.54, 1.807) is 0 Å². The molecule has 0 spiro atoms. The molecule has 0 saturated heterocycles. The molecule has 2 heteroatoms. The summed E-state index contributed by atoms with van der Waals surface area (Å²) < 4.78 is 5.97. The van der Waals surface area contributed by atoms with Crippen molar-refractivity contribution in [2.24, 2.45) is 0 Å². The number of para-hydroxylation sites is 4. The Morgan fingerprint density at radius 1 is 0.842 bits per heavy atom. The summed E-state index contributed by atoms with van der Waals surface area (Å²) in [5, 5.41) is 0. The molecule has 0 fully saturated rings. The first-order chi connectivity index (χ1) is 9.40. The van der Waals surface area contributed by atoms with Crippen molar-refractivity contribution in [3.8, 4) is 11.5 Å². The smallest absolute Gasteiger partial charge is 0.151 e. The third-order valence-electron chi connectivity index (χ3n) is 3.52. The van der Waals surface area contributed by atoms with Crippen LogP contribution in [0.5, 0.6) is 11.5 Å². The zero-order valence-corrected chi connectivity index (χ0v) is 11.3. The standard InChI is InChI=1S/C17H19NO/c1-2-3-8-13-18-14-9-4-6-11-16(14)19-17-12-7-5-10-15(17)18/h4-7,9-12H,2-3,8,13H2,1H3. The highest BCUT2D eigenvalue weighted by Gasteiger charge is 2.22. The van der Waals surface area contributed by atoms with Gasteiger partial charge in [-0.05, 0) is 30.7 Å². The Bertz CT molecular complexity index is 519. The molecule has 2 aromatic carbocycles. The molecule has 3 rings (SSSR count). The van der Waals surface area contributed by atoms with E-state index < -0.39 is 0 Å². The highest BCUT2D eigenvalue weighted by Crippen LogP contribution is 2.46. The number of hydrogen-bond acceptors (Lipinski definition) is 2. The van der Waals surface area contributed by atoms with Gasteiger partial charge in [0.2, 0.25) is 0 Å². The second kappa shape index (κ2) is 5.35. The van der Waals surface area contributed by atoms with Crippen molar-refractivity contribution in [3.05, 3.63) is 48.5 Å². The average Bonchev–Trinajstić information content (AvgIpc) is 2.46. The first-order valence-electron chi connectivity index (χ1n) is 7.03. The predicted molar refractivity (Wildman–Crippen MR) is 79.5 cm³/mol. The van der Waals surface area contributed by atoms with E-state index in [-0.39, 0.29) is 0 Å². The number of anilines is 2. The van der Waals surface area contributed by atoms with Gasteiger partial charge < -0.3 is 9.64 Å². The van der Waals surface area contributed by atoms with Gasteiger partial charge in [-0.25, -0.2) is 0 Å². The number of fused-ring (bicyclic) bond motifs is 2. The van der Waals surface area contributed by atoms with Crippen LogP contribution in [0, 0.1) is 0 Å².